The average Bonchev–Trinajstić information content (AvgIpc) is 3.03. The van der Waals surface area contributed by atoms with Gasteiger partial charge in [0.1, 0.15) is 5.76 Å². The fourth-order valence-electron chi connectivity index (χ4n) is 2.83. The number of hydrogen-bond donors (Lipinski definition) is 1. The van der Waals surface area contributed by atoms with Gasteiger partial charge >= 0.3 is 0 Å². The third kappa shape index (κ3) is 3.49. The molecule has 7 nitrogen and oxygen atoms in total. The molecule has 1 fully saturated rings. The standard InChI is InChI=1S/C14H23N3O4S/c1-5-12-13(15-8-21-12)14(18)16-11-7-17(22(4,19)20)6-10(11)9(2)3/h8-11H,5-7H2,1-4H3,(H,16,18)/t10-,11+/m1/s1. The maximum atomic E-state index is 12.4. The van der Waals surface area contributed by atoms with Crippen molar-refractivity contribution in [3.05, 3.63) is 17.8 Å². The first-order chi connectivity index (χ1) is 10.2. The molecule has 1 saturated heterocycles. The highest BCUT2D eigenvalue weighted by Gasteiger charge is 2.39. The summed E-state index contributed by atoms with van der Waals surface area (Å²) < 4.78 is 30.1. The van der Waals surface area contributed by atoms with Crippen molar-refractivity contribution >= 4 is 15.9 Å². The third-order valence-corrected chi connectivity index (χ3v) is 5.39. The molecule has 124 valence electrons. The number of amides is 1. The molecule has 8 heteroatoms. The zero-order valence-corrected chi connectivity index (χ0v) is 14.2. The van der Waals surface area contributed by atoms with E-state index >= 15 is 0 Å². The van der Waals surface area contributed by atoms with Gasteiger partial charge in [-0.15, -0.1) is 0 Å². The highest BCUT2D eigenvalue weighted by atomic mass is 32.2. The Hall–Kier alpha value is -1.41. The molecule has 0 saturated carbocycles. The van der Waals surface area contributed by atoms with Crippen molar-refractivity contribution in [3.8, 4) is 0 Å². The largest absolute Gasteiger partial charge is 0.448 e. The van der Waals surface area contributed by atoms with E-state index in [2.05, 4.69) is 10.3 Å². The van der Waals surface area contributed by atoms with Gasteiger partial charge in [-0.25, -0.2) is 13.4 Å². The van der Waals surface area contributed by atoms with Gasteiger partial charge in [-0.2, -0.15) is 4.31 Å². The summed E-state index contributed by atoms with van der Waals surface area (Å²) in [5.74, 6) is 0.573. The van der Waals surface area contributed by atoms with Crippen LogP contribution in [0.5, 0.6) is 0 Å². The summed E-state index contributed by atoms with van der Waals surface area (Å²) in [5, 5.41) is 2.92. The SMILES string of the molecule is CCc1ocnc1C(=O)N[C@H]1CN(S(C)(=O)=O)C[C@@H]1C(C)C. The second kappa shape index (κ2) is 6.37. The van der Waals surface area contributed by atoms with Crippen molar-refractivity contribution in [1.29, 1.82) is 0 Å². The Morgan fingerprint density at radius 1 is 1.50 bits per heavy atom. The van der Waals surface area contributed by atoms with Gasteiger partial charge in [0.25, 0.3) is 5.91 Å². The van der Waals surface area contributed by atoms with E-state index in [9.17, 15) is 13.2 Å². The molecule has 1 aliphatic heterocycles. The Bertz CT molecular complexity index is 638. The number of sulfonamides is 1. The van der Waals surface area contributed by atoms with Crippen LogP contribution in [0.1, 0.15) is 37.0 Å². The summed E-state index contributed by atoms with van der Waals surface area (Å²) in [5.41, 5.74) is 0.280. The number of nitrogens with zero attached hydrogens (tertiary/aromatic N) is 2. The molecule has 0 aromatic carbocycles. The van der Waals surface area contributed by atoms with Crippen LogP contribution in [0.4, 0.5) is 0 Å². The fraction of sp³-hybridized carbons (Fsp3) is 0.714. The molecule has 22 heavy (non-hydrogen) atoms. The molecule has 1 aromatic rings. The molecule has 0 aliphatic carbocycles. The zero-order valence-electron chi connectivity index (χ0n) is 13.4. The van der Waals surface area contributed by atoms with Crippen LogP contribution in [-0.2, 0) is 16.4 Å². The van der Waals surface area contributed by atoms with Crippen molar-refractivity contribution in [2.24, 2.45) is 11.8 Å². The summed E-state index contributed by atoms with van der Waals surface area (Å²) in [4.78, 5) is 16.3. The van der Waals surface area contributed by atoms with Gasteiger partial charge in [-0.1, -0.05) is 20.8 Å². The first-order valence-electron chi connectivity index (χ1n) is 7.42. The smallest absolute Gasteiger partial charge is 0.273 e. The van der Waals surface area contributed by atoms with Gasteiger partial charge in [0, 0.05) is 25.6 Å². The molecule has 1 N–H and O–H groups in total. The van der Waals surface area contributed by atoms with E-state index in [0.717, 1.165) is 0 Å². The van der Waals surface area contributed by atoms with Crippen LogP contribution in [0.15, 0.2) is 10.8 Å². The molecule has 0 unspecified atom stereocenters. The van der Waals surface area contributed by atoms with Crippen molar-refractivity contribution in [3.63, 3.8) is 0 Å². The molecule has 2 atom stereocenters. The second-order valence-electron chi connectivity index (χ2n) is 6.05. The summed E-state index contributed by atoms with van der Waals surface area (Å²) in [7, 11) is -3.26. The minimum absolute atomic E-state index is 0.0793. The Labute approximate surface area is 131 Å². The van der Waals surface area contributed by atoms with E-state index in [4.69, 9.17) is 4.42 Å². The predicted molar refractivity (Wildman–Crippen MR) is 81.9 cm³/mol. The van der Waals surface area contributed by atoms with Crippen molar-refractivity contribution in [2.75, 3.05) is 19.3 Å². The van der Waals surface area contributed by atoms with Crippen LogP contribution in [0.3, 0.4) is 0 Å². The highest BCUT2D eigenvalue weighted by Crippen LogP contribution is 2.26. The van der Waals surface area contributed by atoms with Gasteiger partial charge in [0.15, 0.2) is 12.1 Å². The number of carbonyl (C=O) groups excluding carboxylic acids is 1. The molecular weight excluding hydrogens is 306 g/mol. The molecular formula is C14H23N3O4S. The molecule has 0 spiro atoms. The Kier molecular flexibility index (Phi) is 4.91. The van der Waals surface area contributed by atoms with E-state index in [1.54, 1.807) is 0 Å². The second-order valence-corrected chi connectivity index (χ2v) is 8.03. The van der Waals surface area contributed by atoms with Crippen LogP contribution < -0.4 is 5.32 Å². The lowest BCUT2D eigenvalue weighted by atomic mass is 9.91. The van der Waals surface area contributed by atoms with E-state index in [1.165, 1.54) is 17.0 Å². The van der Waals surface area contributed by atoms with Crippen LogP contribution in [0.25, 0.3) is 0 Å². The first kappa shape index (κ1) is 17.0. The summed E-state index contributed by atoms with van der Waals surface area (Å²) in [6.45, 7) is 6.68. The topological polar surface area (TPSA) is 92.5 Å². The highest BCUT2D eigenvalue weighted by molar-refractivity contribution is 7.88. The summed E-state index contributed by atoms with van der Waals surface area (Å²) in [6, 6.07) is -0.219. The number of carbonyl (C=O) groups is 1. The Morgan fingerprint density at radius 2 is 2.18 bits per heavy atom. The summed E-state index contributed by atoms with van der Waals surface area (Å²) in [6.07, 6.45) is 3.03. The number of nitrogens with one attached hydrogen (secondary N) is 1. The molecule has 1 aromatic heterocycles. The third-order valence-electron chi connectivity index (χ3n) is 4.15. The van der Waals surface area contributed by atoms with Crippen LogP contribution >= 0.6 is 0 Å². The Balaban J connectivity index is 2.15. The minimum Gasteiger partial charge on any atom is -0.448 e. The number of hydrogen-bond acceptors (Lipinski definition) is 5. The molecule has 0 radical (unpaired) electrons. The minimum atomic E-state index is -3.26. The van der Waals surface area contributed by atoms with Crippen LogP contribution in [0.2, 0.25) is 0 Å². The van der Waals surface area contributed by atoms with E-state index in [-0.39, 0.29) is 29.5 Å². The molecule has 2 rings (SSSR count). The molecule has 1 aliphatic rings. The van der Waals surface area contributed by atoms with Gasteiger partial charge in [0.2, 0.25) is 10.0 Å². The first-order valence-corrected chi connectivity index (χ1v) is 9.27. The van der Waals surface area contributed by atoms with E-state index in [0.29, 0.717) is 25.3 Å². The lowest BCUT2D eigenvalue weighted by Gasteiger charge is -2.22. The fourth-order valence-corrected chi connectivity index (χ4v) is 3.71. The monoisotopic (exact) mass is 329 g/mol. The van der Waals surface area contributed by atoms with Crippen LogP contribution in [0, 0.1) is 11.8 Å². The number of rotatable bonds is 5. The van der Waals surface area contributed by atoms with Crippen molar-refractivity contribution < 1.29 is 17.6 Å². The van der Waals surface area contributed by atoms with E-state index < -0.39 is 10.0 Å². The predicted octanol–water partition coefficient (Wildman–Crippen LogP) is 0.883. The lowest BCUT2D eigenvalue weighted by molar-refractivity contribution is 0.0919. The van der Waals surface area contributed by atoms with E-state index in [1.807, 2.05) is 20.8 Å². The quantitative estimate of drug-likeness (QED) is 0.866. The maximum absolute atomic E-state index is 12.4. The van der Waals surface area contributed by atoms with Crippen LogP contribution in [-0.4, -0.2) is 49.0 Å². The van der Waals surface area contributed by atoms with Gasteiger partial charge < -0.3 is 9.73 Å². The average molecular weight is 329 g/mol. The van der Waals surface area contributed by atoms with Crippen molar-refractivity contribution in [2.45, 2.75) is 33.2 Å². The maximum Gasteiger partial charge on any atom is 0.273 e. The van der Waals surface area contributed by atoms with Gasteiger partial charge in [-0.05, 0) is 11.8 Å². The Morgan fingerprint density at radius 3 is 2.73 bits per heavy atom. The zero-order chi connectivity index (χ0) is 16.5. The number of aromatic nitrogens is 1. The molecule has 1 amide bonds. The lowest BCUT2D eigenvalue weighted by Crippen LogP contribution is -2.42. The normalized spacial score (nSPS) is 23.1. The molecule has 2 heterocycles. The van der Waals surface area contributed by atoms with Gasteiger partial charge in [0.05, 0.1) is 6.26 Å². The molecule has 0 bridgehead atoms. The summed E-state index contributed by atoms with van der Waals surface area (Å²) >= 11 is 0. The number of aryl methyl sites for hydroxylation is 1. The van der Waals surface area contributed by atoms with Gasteiger partial charge in [-0.3, -0.25) is 4.79 Å². The number of oxazole rings is 1. The van der Waals surface area contributed by atoms with Crippen molar-refractivity contribution in [1.82, 2.24) is 14.6 Å².